The lowest BCUT2D eigenvalue weighted by atomic mass is 10.1. The molecular weight excluding hydrogens is 384 g/mol. The molecule has 0 saturated heterocycles. The maximum atomic E-state index is 12.9. The molecule has 30 heavy (non-hydrogen) atoms. The lowest BCUT2D eigenvalue weighted by Gasteiger charge is -2.10. The Kier molecular flexibility index (Phi) is 4.89. The normalized spacial score (nSPS) is 10.7. The SMILES string of the molecule is COc1ccccc1-c1nc2cc(C)ccn2c1NC(=O)c1cccc([N+](=O)[O-])c1. The molecule has 0 aliphatic rings. The molecule has 0 bridgehead atoms. The maximum Gasteiger partial charge on any atom is 0.270 e. The fraction of sp³-hybridized carbons (Fsp3) is 0.0909. The van der Waals surface area contributed by atoms with E-state index in [4.69, 9.17) is 9.72 Å². The first-order valence-electron chi connectivity index (χ1n) is 9.16. The molecule has 2 aromatic carbocycles. The van der Waals surface area contributed by atoms with Crippen molar-refractivity contribution in [3.63, 3.8) is 0 Å². The second-order valence-corrected chi connectivity index (χ2v) is 6.70. The van der Waals surface area contributed by atoms with Crippen molar-refractivity contribution in [2.45, 2.75) is 6.92 Å². The first kappa shape index (κ1) is 19.1. The zero-order valence-electron chi connectivity index (χ0n) is 16.3. The van der Waals surface area contributed by atoms with Gasteiger partial charge in [-0.1, -0.05) is 18.2 Å². The Morgan fingerprint density at radius 1 is 1.13 bits per heavy atom. The van der Waals surface area contributed by atoms with Crippen molar-refractivity contribution in [2.75, 3.05) is 12.4 Å². The third-order valence-electron chi connectivity index (χ3n) is 4.69. The van der Waals surface area contributed by atoms with Gasteiger partial charge in [0.05, 0.1) is 12.0 Å². The van der Waals surface area contributed by atoms with Gasteiger partial charge >= 0.3 is 0 Å². The van der Waals surface area contributed by atoms with E-state index >= 15 is 0 Å². The smallest absolute Gasteiger partial charge is 0.270 e. The number of benzene rings is 2. The summed E-state index contributed by atoms with van der Waals surface area (Å²) >= 11 is 0. The Hall–Kier alpha value is -4.20. The maximum absolute atomic E-state index is 12.9. The predicted octanol–water partition coefficient (Wildman–Crippen LogP) is 4.48. The molecule has 150 valence electrons. The second kappa shape index (κ2) is 7.67. The number of imidazole rings is 1. The van der Waals surface area contributed by atoms with E-state index in [1.54, 1.807) is 11.5 Å². The summed E-state index contributed by atoms with van der Waals surface area (Å²) in [4.78, 5) is 28.2. The van der Waals surface area contributed by atoms with E-state index < -0.39 is 10.8 Å². The Balaban J connectivity index is 1.84. The molecule has 0 radical (unpaired) electrons. The summed E-state index contributed by atoms with van der Waals surface area (Å²) < 4.78 is 7.24. The van der Waals surface area contributed by atoms with Crippen LogP contribution in [0.25, 0.3) is 16.9 Å². The molecule has 8 nitrogen and oxygen atoms in total. The number of aryl methyl sites for hydroxylation is 1. The first-order valence-corrected chi connectivity index (χ1v) is 9.16. The van der Waals surface area contributed by atoms with Crippen LogP contribution in [0.1, 0.15) is 15.9 Å². The van der Waals surface area contributed by atoms with Crippen molar-refractivity contribution in [1.29, 1.82) is 0 Å². The van der Waals surface area contributed by atoms with E-state index in [2.05, 4.69) is 5.32 Å². The summed E-state index contributed by atoms with van der Waals surface area (Å²) in [5, 5.41) is 13.9. The number of pyridine rings is 1. The number of fused-ring (bicyclic) bond motifs is 1. The summed E-state index contributed by atoms with van der Waals surface area (Å²) in [6.07, 6.45) is 1.82. The Morgan fingerprint density at radius 2 is 1.93 bits per heavy atom. The lowest BCUT2D eigenvalue weighted by Crippen LogP contribution is -2.14. The van der Waals surface area contributed by atoms with Crippen molar-refractivity contribution in [2.24, 2.45) is 0 Å². The first-order chi connectivity index (χ1) is 14.5. The Labute approximate surface area is 171 Å². The number of carbonyl (C=O) groups is 1. The highest BCUT2D eigenvalue weighted by Gasteiger charge is 2.20. The van der Waals surface area contributed by atoms with E-state index in [0.29, 0.717) is 22.9 Å². The molecule has 0 spiro atoms. The van der Waals surface area contributed by atoms with Gasteiger partial charge in [0, 0.05) is 29.5 Å². The molecule has 0 saturated carbocycles. The quantitative estimate of drug-likeness (QED) is 0.392. The fourth-order valence-electron chi connectivity index (χ4n) is 3.23. The van der Waals surface area contributed by atoms with Crippen LogP contribution in [0.2, 0.25) is 0 Å². The highest BCUT2D eigenvalue weighted by atomic mass is 16.6. The third kappa shape index (κ3) is 3.46. The van der Waals surface area contributed by atoms with Gasteiger partial charge in [-0.3, -0.25) is 19.3 Å². The molecule has 0 aliphatic heterocycles. The van der Waals surface area contributed by atoms with Crippen molar-refractivity contribution in [3.8, 4) is 17.0 Å². The Morgan fingerprint density at radius 3 is 2.70 bits per heavy atom. The largest absolute Gasteiger partial charge is 0.496 e. The van der Waals surface area contributed by atoms with Crippen LogP contribution in [-0.2, 0) is 0 Å². The number of non-ortho nitro benzene ring substituents is 1. The lowest BCUT2D eigenvalue weighted by molar-refractivity contribution is -0.384. The number of carbonyl (C=O) groups excluding carboxylic acids is 1. The van der Waals surface area contributed by atoms with Crippen LogP contribution in [0, 0.1) is 17.0 Å². The van der Waals surface area contributed by atoms with E-state index in [1.807, 2.05) is 49.5 Å². The van der Waals surface area contributed by atoms with Crippen LogP contribution in [0.15, 0.2) is 66.9 Å². The second-order valence-electron chi connectivity index (χ2n) is 6.70. The number of amides is 1. The average Bonchev–Trinajstić information content (AvgIpc) is 3.10. The summed E-state index contributed by atoms with van der Waals surface area (Å²) in [5.41, 5.74) is 2.96. The molecule has 0 unspecified atom stereocenters. The van der Waals surface area contributed by atoms with Gasteiger partial charge in [-0.2, -0.15) is 0 Å². The minimum absolute atomic E-state index is 0.152. The van der Waals surface area contributed by atoms with Gasteiger partial charge in [0.1, 0.15) is 22.9 Å². The van der Waals surface area contributed by atoms with Crippen molar-refractivity contribution in [3.05, 3.63) is 88.1 Å². The number of methoxy groups -OCH3 is 1. The van der Waals surface area contributed by atoms with Gasteiger partial charge < -0.3 is 10.1 Å². The minimum atomic E-state index is -0.534. The third-order valence-corrected chi connectivity index (χ3v) is 4.69. The molecule has 0 aliphatic carbocycles. The van der Waals surface area contributed by atoms with Crippen LogP contribution in [0.4, 0.5) is 11.5 Å². The molecule has 2 aromatic heterocycles. The highest BCUT2D eigenvalue weighted by Crippen LogP contribution is 2.35. The molecule has 0 atom stereocenters. The van der Waals surface area contributed by atoms with Gasteiger partial charge in [0.15, 0.2) is 0 Å². The number of para-hydroxylation sites is 1. The fourth-order valence-corrected chi connectivity index (χ4v) is 3.23. The number of nitrogens with one attached hydrogen (secondary N) is 1. The van der Waals surface area contributed by atoms with Gasteiger partial charge in [0.25, 0.3) is 11.6 Å². The van der Waals surface area contributed by atoms with E-state index in [0.717, 1.165) is 11.1 Å². The molecule has 1 N–H and O–H groups in total. The summed E-state index contributed by atoms with van der Waals surface area (Å²) in [6.45, 7) is 1.96. The number of rotatable bonds is 5. The van der Waals surface area contributed by atoms with Gasteiger partial charge in [0.2, 0.25) is 0 Å². The predicted molar refractivity (Wildman–Crippen MR) is 113 cm³/mol. The number of hydrogen-bond acceptors (Lipinski definition) is 5. The average molecular weight is 402 g/mol. The molecule has 2 heterocycles. The number of nitro groups is 1. The van der Waals surface area contributed by atoms with Crippen molar-refractivity contribution < 1.29 is 14.5 Å². The van der Waals surface area contributed by atoms with Crippen LogP contribution in [-0.4, -0.2) is 27.3 Å². The van der Waals surface area contributed by atoms with Crippen molar-refractivity contribution >= 4 is 23.1 Å². The molecule has 4 rings (SSSR count). The molecule has 0 fully saturated rings. The number of ether oxygens (including phenoxy) is 1. The van der Waals surface area contributed by atoms with Gasteiger partial charge in [-0.25, -0.2) is 4.98 Å². The van der Waals surface area contributed by atoms with Crippen LogP contribution in [0.5, 0.6) is 5.75 Å². The summed E-state index contributed by atoms with van der Waals surface area (Å²) in [5.74, 6) is 0.590. The number of nitrogens with zero attached hydrogens (tertiary/aromatic N) is 3. The summed E-state index contributed by atoms with van der Waals surface area (Å²) in [6, 6.07) is 16.8. The Bertz CT molecular complexity index is 1280. The molecule has 4 aromatic rings. The molecule has 8 heteroatoms. The monoisotopic (exact) mass is 402 g/mol. The van der Waals surface area contributed by atoms with Gasteiger partial charge in [-0.05, 0) is 42.8 Å². The minimum Gasteiger partial charge on any atom is -0.496 e. The number of anilines is 1. The number of hydrogen-bond donors (Lipinski definition) is 1. The van der Waals surface area contributed by atoms with Crippen LogP contribution in [0.3, 0.4) is 0 Å². The number of aromatic nitrogens is 2. The number of nitro benzene ring substituents is 1. The zero-order valence-corrected chi connectivity index (χ0v) is 16.3. The van der Waals surface area contributed by atoms with Crippen LogP contribution < -0.4 is 10.1 Å². The molecule has 1 amide bonds. The standard InChI is InChI=1S/C22H18N4O4/c1-14-10-11-25-19(12-14)23-20(17-8-3-4-9-18(17)30-2)21(25)24-22(27)15-6-5-7-16(13-15)26(28)29/h3-13H,1-2H3,(H,24,27). The zero-order chi connectivity index (χ0) is 21.3. The van der Waals surface area contributed by atoms with E-state index in [-0.39, 0.29) is 11.3 Å². The highest BCUT2D eigenvalue weighted by molar-refractivity contribution is 6.06. The topological polar surface area (TPSA) is 98.8 Å². The summed E-state index contributed by atoms with van der Waals surface area (Å²) in [7, 11) is 1.57. The van der Waals surface area contributed by atoms with E-state index in [9.17, 15) is 14.9 Å². The van der Waals surface area contributed by atoms with Gasteiger partial charge in [-0.15, -0.1) is 0 Å². The molecular formula is C22H18N4O4. The van der Waals surface area contributed by atoms with Crippen LogP contribution >= 0.6 is 0 Å². The van der Waals surface area contributed by atoms with E-state index in [1.165, 1.54) is 24.3 Å². The van der Waals surface area contributed by atoms with Crippen molar-refractivity contribution in [1.82, 2.24) is 9.38 Å².